The summed E-state index contributed by atoms with van der Waals surface area (Å²) in [6.45, 7) is 0.223. The molecule has 3 atom stereocenters. The topological polar surface area (TPSA) is 121 Å². The van der Waals surface area contributed by atoms with Crippen molar-refractivity contribution in [2.75, 3.05) is 13.7 Å². The Morgan fingerprint density at radius 3 is 2.70 bits per heavy atom. The predicted octanol–water partition coefficient (Wildman–Crippen LogP) is 1.74. The molecule has 0 aromatic heterocycles. The maximum atomic E-state index is 12.7. The van der Waals surface area contributed by atoms with Gasteiger partial charge in [-0.05, 0) is 24.3 Å². The van der Waals surface area contributed by atoms with Gasteiger partial charge in [-0.15, -0.1) is 0 Å². The molecule has 1 aliphatic heterocycles. The summed E-state index contributed by atoms with van der Waals surface area (Å²) < 4.78 is 4.76. The van der Waals surface area contributed by atoms with Crippen LogP contribution in [-0.2, 0) is 14.3 Å². The van der Waals surface area contributed by atoms with E-state index in [4.69, 9.17) is 16.0 Å². The van der Waals surface area contributed by atoms with E-state index in [1.165, 1.54) is 31.3 Å². The van der Waals surface area contributed by atoms with Gasteiger partial charge in [0.2, 0.25) is 5.91 Å². The number of hydrogen-bond acceptors (Lipinski definition) is 5. The van der Waals surface area contributed by atoms with Crippen LogP contribution in [0.5, 0.6) is 0 Å². The van der Waals surface area contributed by atoms with E-state index < -0.39 is 24.1 Å². The summed E-state index contributed by atoms with van der Waals surface area (Å²) >= 11 is 0. The van der Waals surface area contributed by atoms with Gasteiger partial charge in [0.25, 0.3) is 0 Å². The second kappa shape index (κ2) is 8.17. The quantitative estimate of drug-likeness (QED) is 0.358. The van der Waals surface area contributed by atoms with Crippen molar-refractivity contribution < 1.29 is 14.3 Å². The number of nitrogens with two attached hydrogens (primary N) is 1. The molecule has 0 aromatic rings. The van der Waals surface area contributed by atoms with Gasteiger partial charge in [0.05, 0.1) is 19.2 Å². The van der Waals surface area contributed by atoms with E-state index in [0.717, 1.165) is 12.8 Å². The lowest BCUT2D eigenvalue weighted by Gasteiger charge is -2.29. The first-order valence-electron chi connectivity index (χ1n) is 8.25. The molecule has 1 saturated carbocycles. The van der Waals surface area contributed by atoms with Gasteiger partial charge < -0.3 is 15.4 Å². The first kappa shape index (κ1) is 17.6. The van der Waals surface area contributed by atoms with Crippen LogP contribution in [0.2, 0.25) is 0 Å². The van der Waals surface area contributed by atoms with Crippen LogP contribution in [0.25, 0.3) is 10.4 Å². The highest BCUT2D eigenvalue weighted by Crippen LogP contribution is 2.28. The number of amides is 1. The highest BCUT2D eigenvalue weighted by Gasteiger charge is 2.41. The standard InChI is InChI=1S/C15H25N5O3/c1-23-15(22)13-8-11(18-19-17)9-20(13)14(21)12(16)7-10-5-3-2-4-6-10/h10-13H,2-9,16H2,1H3/t11-,12-,13+/m1/s1. The molecule has 1 amide bonds. The van der Waals surface area contributed by atoms with Gasteiger partial charge >= 0.3 is 5.97 Å². The van der Waals surface area contributed by atoms with Crippen molar-refractivity contribution in [2.24, 2.45) is 16.8 Å². The van der Waals surface area contributed by atoms with Gasteiger partial charge in [0.15, 0.2) is 0 Å². The molecule has 8 heteroatoms. The molecule has 0 aromatic carbocycles. The van der Waals surface area contributed by atoms with Gasteiger partial charge in [-0.25, -0.2) is 4.79 Å². The second-order valence-electron chi connectivity index (χ2n) is 6.47. The number of hydrogen-bond donors (Lipinski definition) is 1. The minimum Gasteiger partial charge on any atom is -0.467 e. The highest BCUT2D eigenvalue weighted by atomic mass is 16.5. The Labute approximate surface area is 136 Å². The largest absolute Gasteiger partial charge is 0.467 e. The maximum absolute atomic E-state index is 12.7. The Morgan fingerprint density at radius 2 is 2.09 bits per heavy atom. The summed E-state index contributed by atoms with van der Waals surface area (Å²) in [4.78, 5) is 28.8. The van der Waals surface area contributed by atoms with E-state index in [1.54, 1.807) is 0 Å². The number of carbonyl (C=O) groups is 2. The number of azide groups is 1. The van der Waals surface area contributed by atoms with E-state index in [2.05, 4.69) is 10.0 Å². The Balaban J connectivity index is 2.01. The van der Waals surface area contributed by atoms with E-state index >= 15 is 0 Å². The molecule has 23 heavy (non-hydrogen) atoms. The van der Waals surface area contributed by atoms with Crippen LogP contribution in [0.15, 0.2) is 5.11 Å². The average Bonchev–Trinajstić information content (AvgIpc) is 2.98. The third-order valence-corrected chi connectivity index (χ3v) is 4.88. The van der Waals surface area contributed by atoms with E-state index in [1.807, 2.05) is 0 Å². The minimum absolute atomic E-state index is 0.223. The summed E-state index contributed by atoms with van der Waals surface area (Å²) in [6, 6.07) is -1.73. The number of esters is 1. The molecular formula is C15H25N5O3. The van der Waals surface area contributed by atoms with Gasteiger partial charge in [-0.1, -0.05) is 37.2 Å². The van der Waals surface area contributed by atoms with Crippen LogP contribution in [0.3, 0.4) is 0 Å². The third-order valence-electron chi connectivity index (χ3n) is 4.88. The Hall–Kier alpha value is -1.79. The Kier molecular flexibility index (Phi) is 6.24. The molecule has 0 unspecified atom stereocenters. The summed E-state index contributed by atoms with van der Waals surface area (Å²) in [7, 11) is 1.29. The molecule has 2 rings (SSSR count). The fraction of sp³-hybridized carbons (Fsp3) is 0.867. The molecule has 2 N–H and O–H groups in total. The summed E-state index contributed by atoms with van der Waals surface area (Å²) in [5.41, 5.74) is 14.7. The zero-order valence-corrected chi connectivity index (χ0v) is 13.6. The molecule has 1 aliphatic carbocycles. The fourth-order valence-electron chi connectivity index (χ4n) is 3.67. The number of carbonyl (C=O) groups excluding carboxylic acids is 2. The number of rotatable bonds is 5. The van der Waals surface area contributed by atoms with Crippen LogP contribution in [0.4, 0.5) is 0 Å². The number of ether oxygens (including phenoxy) is 1. The number of likely N-dealkylation sites (tertiary alicyclic amines) is 1. The van der Waals surface area contributed by atoms with Gasteiger partial charge in [0.1, 0.15) is 6.04 Å². The predicted molar refractivity (Wildman–Crippen MR) is 84.2 cm³/mol. The lowest BCUT2D eigenvalue weighted by atomic mass is 9.84. The minimum atomic E-state index is -0.708. The van der Waals surface area contributed by atoms with E-state index in [9.17, 15) is 9.59 Å². The molecule has 1 saturated heterocycles. The lowest BCUT2D eigenvalue weighted by Crippen LogP contribution is -2.49. The van der Waals surface area contributed by atoms with E-state index in [0.29, 0.717) is 18.8 Å². The van der Waals surface area contributed by atoms with Gasteiger partial charge in [0, 0.05) is 11.5 Å². The first-order chi connectivity index (χ1) is 11.1. The third kappa shape index (κ3) is 4.36. The van der Waals surface area contributed by atoms with Crippen molar-refractivity contribution in [2.45, 2.75) is 63.1 Å². The zero-order valence-electron chi connectivity index (χ0n) is 13.6. The van der Waals surface area contributed by atoms with Crippen LogP contribution in [-0.4, -0.2) is 48.6 Å². The number of methoxy groups -OCH3 is 1. The maximum Gasteiger partial charge on any atom is 0.328 e. The molecule has 2 fully saturated rings. The molecule has 2 aliphatic rings. The van der Waals surface area contributed by atoms with Crippen molar-refractivity contribution in [3.63, 3.8) is 0 Å². The van der Waals surface area contributed by atoms with Crippen LogP contribution in [0, 0.1) is 5.92 Å². The molecule has 8 nitrogen and oxygen atoms in total. The average molecular weight is 323 g/mol. The SMILES string of the molecule is COC(=O)[C@@H]1C[C@@H](N=[N+]=[N-])CN1C(=O)[C@H](N)CC1CCCCC1. The Bertz CT molecular complexity index is 486. The van der Waals surface area contributed by atoms with Gasteiger partial charge in [-0.3, -0.25) is 4.79 Å². The van der Waals surface area contributed by atoms with Crippen molar-refractivity contribution >= 4 is 11.9 Å². The lowest BCUT2D eigenvalue weighted by molar-refractivity contribution is -0.151. The van der Waals surface area contributed by atoms with Gasteiger partial charge in [-0.2, -0.15) is 0 Å². The van der Waals surface area contributed by atoms with E-state index in [-0.39, 0.29) is 12.5 Å². The van der Waals surface area contributed by atoms with Crippen molar-refractivity contribution in [3.8, 4) is 0 Å². The van der Waals surface area contributed by atoms with Crippen LogP contribution < -0.4 is 5.73 Å². The smallest absolute Gasteiger partial charge is 0.328 e. The second-order valence-corrected chi connectivity index (χ2v) is 6.47. The summed E-state index contributed by atoms with van der Waals surface area (Å²) in [5.74, 6) is -0.254. The zero-order chi connectivity index (χ0) is 16.8. The number of nitrogens with zero attached hydrogens (tertiary/aromatic N) is 4. The van der Waals surface area contributed by atoms with Crippen molar-refractivity contribution in [1.82, 2.24) is 4.90 Å². The van der Waals surface area contributed by atoms with Crippen molar-refractivity contribution in [3.05, 3.63) is 10.4 Å². The molecule has 1 heterocycles. The van der Waals surface area contributed by atoms with Crippen molar-refractivity contribution in [1.29, 1.82) is 0 Å². The molecule has 0 bridgehead atoms. The molecular weight excluding hydrogens is 298 g/mol. The first-order valence-corrected chi connectivity index (χ1v) is 8.25. The summed E-state index contributed by atoms with van der Waals surface area (Å²) in [6.07, 6.45) is 6.81. The molecule has 128 valence electrons. The highest BCUT2D eigenvalue weighted by molar-refractivity contribution is 5.88. The fourth-order valence-corrected chi connectivity index (χ4v) is 3.67. The molecule has 0 radical (unpaired) electrons. The Morgan fingerprint density at radius 1 is 1.39 bits per heavy atom. The summed E-state index contributed by atoms with van der Waals surface area (Å²) in [5, 5.41) is 3.64. The van der Waals surface area contributed by atoms with Crippen LogP contribution >= 0.6 is 0 Å². The normalized spacial score (nSPS) is 26.4. The molecule has 0 spiro atoms. The van der Waals surface area contributed by atoms with Crippen LogP contribution in [0.1, 0.15) is 44.9 Å². The monoisotopic (exact) mass is 323 g/mol.